The fraction of sp³-hybridized carbons (Fsp3) is 0.550. The third-order valence-corrected chi connectivity index (χ3v) is 5.81. The standard InChI is InChI=1S/C20H25FN4O3/c21-15-10-22-7-1-2-16(15)23-9-12-3-4-13-11-25(20(28)14(13)8-12)17-5-6-18(26)24-19(17)27/h3-4,8,15-17,22-23H,1-2,5-7,9-11H2,(H,24,26,27). The molecule has 7 nitrogen and oxygen atoms in total. The molecule has 2 fully saturated rings. The van der Waals surface area contributed by atoms with Crippen molar-refractivity contribution in [3.8, 4) is 0 Å². The summed E-state index contributed by atoms with van der Waals surface area (Å²) in [5.74, 6) is -0.887. The zero-order valence-corrected chi connectivity index (χ0v) is 15.7. The number of hydrogen-bond donors (Lipinski definition) is 3. The first-order valence-electron chi connectivity index (χ1n) is 9.87. The van der Waals surface area contributed by atoms with Crippen LogP contribution < -0.4 is 16.0 Å². The summed E-state index contributed by atoms with van der Waals surface area (Å²) < 4.78 is 14.2. The summed E-state index contributed by atoms with van der Waals surface area (Å²) >= 11 is 0. The fourth-order valence-electron chi connectivity index (χ4n) is 4.20. The molecular formula is C20H25FN4O3. The molecule has 2 saturated heterocycles. The van der Waals surface area contributed by atoms with Gasteiger partial charge in [-0.2, -0.15) is 0 Å². The second-order valence-electron chi connectivity index (χ2n) is 7.74. The number of nitrogens with zero attached hydrogens (tertiary/aromatic N) is 1. The van der Waals surface area contributed by atoms with Gasteiger partial charge in [-0.1, -0.05) is 12.1 Å². The summed E-state index contributed by atoms with van der Waals surface area (Å²) in [4.78, 5) is 37.9. The van der Waals surface area contributed by atoms with Gasteiger partial charge in [0.15, 0.2) is 0 Å². The van der Waals surface area contributed by atoms with E-state index in [0.717, 1.165) is 30.5 Å². The zero-order chi connectivity index (χ0) is 19.7. The molecule has 1 aromatic carbocycles. The number of piperidine rings is 1. The van der Waals surface area contributed by atoms with E-state index in [1.165, 1.54) is 4.90 Å². The van der Waals surface area contributed by atoms with E-state index in [1.807, 2.05) is 18.2 Å². The highest BCUT2D eigenvalue weighted by Crippen LogP contribution is 2.28. The maximum absolute atomic E-state index is 14.2. The van der Waals surface area contributed by atoms with E-state index in [4.69, 9.17) is 0 Å². The van der Waals surface area contributed by atoms with Crippen LogP contribution in [0.1, 0.15) is 47.2 Å². The quantitative estimate of drug-likeness (QED) is 0.658. The van der Waals surface area contributed by atoms with Crippen molar-refractivity contribution in [3.05, 3.63) is 34.9 Å². The number of alkyl halides is 1. The van der Waals surface area contributed by atoms with Crippen LogP contribution in [0.5, 0.6) is 0 Å². The normalized spacial score (nSPS) is 28.1. The maximum atomic E-state index is 14.2. The average Bonchev–Trinajstić information content (AvgIpc) is 2.85. The minimum absolute atomic E-state index is 0.187. The summed E-state index contributed by atoms with van der Waals surface area (Å²) in [6.07, 6.45) is 1.38. The summed E-state index contributed by atoms with van der Waals surface area (Å²) in [7, 11) is 0. The van der Waals surface area contributed by atoms with Gasteiger partial charge < -0.3 is 15.5 Å². The number of imide groups is 1. The number of hydrogen-bond acceptors (Lipinski definition) is 5. The van der Waals surface area contributed by atoms with Crippen molar-refractivity contribution in [2.24, 2.45) is 0 Å². The highest BCUT2D eigenvalue weighted by molar-refractivity contribution is 6.05. The molecule has 1 aromatic rings. The van der Waals surface area contributed by atoms with Gasteiger partial charge in [0.1, 0.15) is 12.2 Å². The Morgan fingerprint density at radius 3 is 2.89 bits per heavy atom. The molecule has 3 unspecified atom stereocenters. The third kappa shape index (κ3) is 3.79. The molecule has 3 amide bonds. The first-order valence-corrected chi connectivity index (χ1v) is 9.87. The first kappa shape index (κ1) is 19.0. The van der Waals surface area contributed by atoms with Crippen molar-refractivity contribution in [1.29, 1.82) is 0 Å². The molecule has 0 radical (unpaired) electrons. The molecule has 3 aliphatic rings. The number of carbonyl (C=O) groups excluding carboxylic acids is 3. The molecule has 0 aromatic heterocycles. The molecule has 0 aliphatic carbocycles. The maximum Gasteiger partial charge on any atom is 0.255 e. The number of amides is 3. The summed E-state index contributed by atoms with van der Waals surface area (Å²) in [5, 5.41) is 8.68. The van der Waals surface area contributed by atoms with Crippen LogP contribution in [0.4, 0.5) is 4.39 Å². The van der Waals surface area contributed by atoms with Crippen LogP contribution in [0.2, 0.25) is 0 Å². The molecule has 0 spiro atoms. The van der Waals surface area contributed by atoms with Crippen LogP contribution in [-0.2, 0) is 22.7 Å². The Labute approximate surface area is 163 Å². The number of carbonyl (C=O) groups is 3. The van der Waals surface area contributed by atoms with Gasteiger partial charge in [0, 0.05) is 37.7 Å². The van der Waals surface area contributed by atoms with Crippen LogP contribution in [-0.4, -0.2) is 54.0 Å². The van der Waals surface area contributed by atoms with Gasteiger partial charge in [-0.15, -0.1) is 0 Å². The number of halogens is 1. The summed E-state index contributed by atoms with van der Waals surface area (Å²) in [6.45, 7) is 2.06. The minimum Gasteiger partial charge on any atom is -0.322 e. The van der Waals surface area contributed by atoms with Crippen LogP contribution in [0, 0.1) is 0 Å². The lowest BCUT2D eigenvalue weighted by atomic mass is 10.0. The smallest absolute Gasteiger partial charge is 0.255 e. The predicted octanol–water partition coefficient (Wildman–Crippen LogP) is 0.627. The third-order valence-electron chi connectivity index (χ3n) is 5.81. The summed E-state index contributed by atoms with van der Waals surface area (Å²) in [5.41, 5.74) is 2.38. The number of rotatable bonds is 4. The Morgan fingerprint density at radius 2 is 2.07 bits per heavy atom. The van der Waals surface area contributed by atoms with Crippen molar-refractivity contribution in [2.75, 3.05) is 13.1 Å². The van der Waals surface area contributed by atoms with Gasteiger partial charge in [0.25, 0.3) is 5.91 Å². The first-order chi connectivity index (χ1) is 13.5. The molecule has 3 heterocycles. The van der Waals surface area contributed by atoms with E-state index >= 15 is 0 Å². The van der Waals surface area contributed by atoms with Crippen LogP contribution in [0.25, 0.3) is 0 Å². The van der Waals surface area contributed by atoms with Crippen LogP contribution in [0.15, 0.2) is 18.2 Å². The molecule has 150 valence electrons. The highest BCUT2D eigenvalue weighted by atomic mass is 19.1. The second-order valence-corrected chi connectivity index (χ2v) is 7.74. The molecule has 8 heteroatoms. The second kappa shape index (κ2) is 7.97. The zero-order valence-electron chi connectivity index (χ0n) is 15.7. The van der Waals surface area contributed by atoms with Crippen LogP contribution >= 0.6 is 0 Å². The average molecular weight is 388 g/mol. The lowest BCUT2D eigenvalue weighted by molar-refractivity contribution is -0.136. The van der Waals surface area contributed by atoms with Gasteiger partial charge in [-0.3, -0.25) is 19.7 Å². The molecule has 0 bridgehead atoms. The van der Waals surface area contributed by atoms with Gasteiger partial charge >= 0.3 is 0 Å². The Kier molecular flexibility index (Phi) is 5.41. The molecular weight excluding hydrogens is 363 g/mol. The van der Waals surface area contributed by atoms with E-state index < -0.39 is 18.1 Å². The van der Waals surface area contributed by atoms with Gasteiger partial charge in [0.2, 0.25) is 11.8 Å². The molecule has 3 atom stereocenters. The van der Waals surface area contributed by atoms with Gasteiger partial charge in [-0.25, -0.2) is 4.39 Å². The predicted molar refractivity (Wildman–Crippen MR) is 100 cm³/mol. The highest BCUT2D eigenvalue weighted by Gasteiger charge is 2.39. The van der Waals surface area contributed by atoms with Crippen molar-refractivity contribution in [1.82, 2.24) is 20.9 Å². The summed E-state index contributed by atoms with van der Waals surface area (Å²) in [6, 6.07) is 4.87. The van der Waals surface area contributed by atoms with Crippen molar-refractivity contribution < 1.29 is 18.8 Å². The van der Waals surface area contributed by atoms with Crippen molar-refractivity contribution in [2.45, 2.75) is 57.0 Å². The Balaban J connectivity index is 1.42. The Hall–Kier alpha value is -2.32. The largest absolute Gasteiger partial charge is 0.322 e. The van der Waals surface area contributed by atoms with Crippen molar-refractivity contribution in [3.63, 3.8) is 0 Å². The number of nitrogens with one attached hydrogen (secondary N) is 3. The van der Waals surface area contributed by atoms with E-state index in [1.54, 1.807) is 0 Å². The molecule has 28 heavy (non-hydrogen) atoms. The Bertz CT molecular complexity index is 800. The Morgan fingerprint density at radius 1 is 1.21 bits per heavy atom. The fourth-order valence-corrected chi connectivity index (χ4v) is 4.20. The monoisotopic (exact) mass is 388 g/mol. The number of fused-ring (bicyclic) bond motifs is 1. The molecule has 0 saturated carbocycles. The number of benzene rings is 1. The van der Waals surface area contributed by atoms with E-state index in [0.29, 0.717) is 31.6 Å². The van der Waals surface area contributed by atoms with Crippen LogP contribution in [0.3, 0.4) is 0 Å². The topological polar surface area (TPSA) is 90.5 Å². The molecule has 3 N–H and O–H groups in total. The SMILES string of the molecule is O=C1CCC(N2Cc3ccc(CNC4CCCNCC4F)cc3C2=O)C(=O)N1. The van der Waals surface area contributed by atoms with E-state index in [9.17, 15) is 18.8 Å². The lowest BCUT2D eigenvalue weighted by Gasteiger charge is -2.29. The van der Waals surface area contributed by atoms with Gasteiger partial charge in [-0.05, 0) is 43.0 Å². The molecule has 3 aliphatic heterocycles. The molecule has 4 rings (SSSR count). The van der Waals surface area contributed by atoms with E-state index in [2.05, 4.69) is 16.0 Å². The van der Waals surface area contributed by atoms with Crippen molar-refractivity contribution >= 4 is 17.7 Å². The lowest BCUT2D eigenvalue weighted by Crippen LogP contribution is -2.52. The minimum atomic E-state index is -0.929. The van der Waals surface area contributed by atoms with E-state index in [-0.39, 0.29) is 24.3 Å². The van der Waals surface area contributed by atoms with Gasteiger partial charge in [0.05, 0.1) is 0 Å².